The van der Waals surface area contributed by atoms with Gasteiger partial charge in [0.2, 0.25) is 5.91 Å². The monoisotopic (exact) mass is 356 g/mol. The van der Waals surface area contributed by atoms with Crippen LogP contribution in [0.5, 0.6) is 0 Å². The van der Waals surface area contributed by atoms with Crippen molar-refractivity contribution in [3.63, 3.8) is 0 Å². The minimum Gasteiger partial charge on any atom is -0.351 e. The van der Waals surface area contributed by atoms with Crippen molar-refractivity contribution in [2.24, 2.45) is 0 Å². The van der Waals surface area contributed by atoms with Gasteiger partial charge in [0, 0.05) is 13.5 Å². The van der Waals surface area contributed by atoms with E-state index < -0.39 is 11.7 Å². The molecule has 0 saturated carbocycles. The van der Waals surface area contributed by atoms with E-state index in [9.17, 15) is 22.8 Å². The molecule has 0 aliphatic heterocycles. The Morgan fingerprint density at radius 1 is 1.08 bits per heavy atom. The Balaban J connectivity index is 1.84. The van der Waals surface area contributed by atoms with Gasteiger partial charge in [-0.25, -0.2) is 0 Å². The molecular weight excluding hydrogens is 341 g/mol. The molecule has 4 nitrogen and oxygen atoms in total. The molecule has 0 spiro atoms. The van der Waals surface area contributed by atoms with Crippen molar-refractivity contribution in [1.29, 1.82) is 0 Å². The molecule has 2 N–H and O–H groups in total. The van der Waals surface area contributed by atoms with E-state index in [0.29, 0.717) is 28.4 Å². The summed E-state index contributed by atoms with van der Waals surface area (Å²) in [4.78, 5) is 23.3. The van der Waals surface area contributed by atoms with E-state index in [1.807, 2.05) is 0 Å². The normalized spacial score (nSPS) is 11.2. The molecule has 2 aromatic rings. The lowest BCUT2D eigenvalue weighted by Crippen LogP contribution is -2.24. The molecule has 128 valence electrons. The molecule has 2 amide bonds. The highest BCUT2D eigenvalue weighted by atomic mass is 32.1. The van der Waals surface area contributed by atoms with Crippen molar-refractivity contribution < 1.29 is 22.8 Å². The summed E-state index contributed by atoms with van der Waals surface area (Å²) in [6.07, 6.45) is -3.93. The molecule has 0 bridgehead atoms. The Bertz CT molecular complexity index is 724. The third-order valence-corrected chi connectivity index (χ3v) is 4.11. The van der Waals surface area contributed by atoms with Gasteiger partial charge in [0.25, 0.3) is 5.91 Å². The number of alkyl halides is 3. The smallest absolute Gasteiger partial charge is 0.351 e. The summed E-state index contributed by atoms with van der Waals surface area (Å²) in [6.45, 7) is 1.68. The number of amides is 2. The van der Waals surface area contributed by atoms with Crippen LogP contribution in [0.15, 0.2) is 36.4 Å². The number of anilines is 1. The maximum atomic E-state index is 12.5. The predicted octanol–water partition coefficient (Wildman–Crippen LogP) is 3.70. The van der Waals surface area contributed by atoms with Crippen LogP contribution in [-0.4, -0.2) is 18.4 Å². The standard InChI is InChI=1S/C16H15F3N2O2S/c1-10(22)21-14-7-6-13(24-14)15(23)20-9-8-11-2-4-12(5-3-11)16(17,18)19/h2-7H,8-9H2,1H3,(H,20,23)(H,21,22). The van der Waals surface area contributed by atoms with Crippen molar-refractivity contribution in [2.75, 3.05) is 11.9 Å². The van der Waals surface area contributed by atoms with Gasteiger partial charge in [0.15, 0.2) is 0 Å². The topological polar surface area (TPSA) is 58.2 Å². The van der Waals surface area contributed by atoms with Crippen molar-refractivity contribution in [3.8, 4) is 0 Å². The summed E-state index contributed by atoms with van der Waals surface area (Å²) in [5.41, 5.74) is 0.00721. The van der Waals surface area contributed by atoms with Crippen molar-refractivity contribution >= 4 is 28.2 Å². The fourth-order valence-corrected chi connectivity index (χ4v) is 2.84. The lowest BCUT2D eigenvalue weighted by atomic mass is 10.1. The zero-order chi connectivity index (χ0) is 17.7. The highest BCUT2D eigenvalue weighted by molar-refractivity contribution is 7.18. The van der Waals surface area contributed by atoms with Crippen LogP contribution in [-0.2, 0) is 17.4 Å². The Hall–Kier alpha value is -2.35. The van der Waals surface area contributed by atoms with Gasteiger partial charge < -0.3 is 10.6 Å². The first kappa shape index (κ1) is 18.0. The SMILES string of the molecule is CC(=O)Nc1ccc(C(=O)NCCc2ccc(C(F)(F)F)cc2)s1. The first-order valence-electron chi connectivity index (χ1n) is 7.07. The number of hydrogen-bond acceptors (Lipinski definition) is 3. The van der Waals surface area contributed by atoms with Gasteiger partial charge in [-0.05, 0) is 36.2 Å². The minimum absolute atomic E-state index is 0.217. The number of carbonyl (C=O) groups excluding carboxylic acids is 2. The Kier molecular flexibility index (Phi) is 5.61. The van der Waals surface area contributed by atoms with E-state index in [-0.39, 0.29) is 11.8 Å². The van der Waals surface area contributed by atoms with E-state index >= 15 is 0 Å². The quantitative estimate of drug-likeness (QED) is 0.858. The lowest BCUT2D eigenvalue weighted by molar-refractivity contribution is -0.137. The number of rotatable bonds is 5. The summed E-state index contributed by atoms with van der Waals surface area (Å²) in [5, 5.41) is 5.86. The average Bonchev–Trinajstić information content (AvgIpc) is 2.94. The zero-order valence-corrected chi connectivity index (χ0v) is 13.6. The van der Waals surface area contributed by atoms with E-state index in [0.717, 1.165) is 23.5 Å². The van der Waals surface area contributed by atoms with Gasteiger partial charge in [0.05, 0.1) is 15.4 Å². The van der Waals surface area contributed by atoms with Crippen molar-refractivity contribution in [1.82, 2.24) is 5.32 Å². The van der Waals surface area contributed by atoms with Gasteiger partial charge in [-0.1, -0.05) is 12.1 Å². The Labute approximate surface area is 140 Å². The molecule has 0 unspecified atom stereocenters. The first-order valence-corrected chi connectivity index (χ1v) is 7.89. The highest BCUT2D eigenvalue weighted by Crippen LogP contribution is 2.29. The van der Waals surface area contributed by atoms with Crippen LogP contribution in [0.2, 0.25) is 0 Å². The van der Waals surface area contributed by atoms with Crippen molar-refractivity contribution in [2.45, 2.75) is 19.5 Å². The molecule has 8 heteroatoms. The molecule has 1 aromatic carbocycles. The number of hydrogen-bond donors (Lipinski definition) is 2. The van der Waals surface area contributed by atoms with Crippen LogP contribution in [0.4, 0.5) is 18.2 Å². The summed E-state index contributed by atoms with van der Waals surface area (Å²) < 4.78 is 37.4. The van der Waals surface area contributed by atoms with E-state index in [1.165, 1.54) is 19.1 Å². The lowest BCUT2D eigenvalue weighted by Gasteiger charge is -2.08. The molecule has 1 heterocycles. The second-order valence-electron chi connectivity index (χ2n) is 5.05. The van der Waals surface area contributed by atoms with Crippen LogP contribution in [0.1, 0.15) is 27.7 Å². The van der Waals surface area contributed by atoms with Gasteiger partial charge in [0.1, 0.15) is 0 Å². The molecule has 0 atom stereocenters. The third kappa shape index (κ3) is 5.09. The van der Waals surface area contributed by atoms with Crippen LogP contribution in [0.25, 0.3) is 0 Å². The molecule has 1 aromatic heterocycles. The molecule has 0 aliphatic carbocycles. The molecule has 2 rings (SSSR count). The van der Waals surface area contributed by atoms with Crippen LogP contribution < -0.4 is 10.6 Å². The molecule has 24 heavy (non-hydrogen) atoms. The summed E-state index contributed by atoms with van der Waals surface area (Å²) in [7, 11) is 0. The predicted molar refractivity (Wildman–Crippen MR) is 86.1 cm³/mol. The number of benzene rings is 1. The van der Waals surface area contributed by atoms with Gasteiger partial charge in [-0.15, -0.1) is 11.3 Å². The fraction of sp³-hybridized carbons (Fsp3) is 0.250. The Morgan fingerprint density at radius 3 is 2.33 bits per heavy atom. The largest absolute Gasteiger partial charge is 0.416 e. The van der Waals surface area contributed by atoms with E-state index in [2.05, 4.69) is 10.6 Å². The second kappa shape index (κ2) is 7.48. The van der Waals surface area contributed by atoms with Crippen LogP contribution >= 0.6 is 11.3 Å². The minimum atomic E-state index is -4.35. The number of carbonyl (C=O) groups is 2. The van der Waals surface area contributed by atoms with Gasteiger partial charge >= 0.3 is 6.18 Å². The number of halogens is 3. The van der Waals surface area contributed by atoms with Crippen molar-refractivity contribution in [3.05, 3.63) is 52.4 Å². The summed E-state index contributed by atoms with van der Waals surface area (Å²) in [6, 6.07) is 8.08. The number of thiophene rings is 1. The first-order chi connectivity index (χ1) is 11.3. The third-order valence-electron chi connectivity index (χ3n) is 3.11. The average molecular weight is 356 g/mol. The van der Waals surface area contributed by atoms with E-state index in [1.54, 1.807) is 12.1 Å². The van der Waals surface area contributed by atoms with Crippen LogP contribution in [0.3, 0.4) is 0 Å². The number of nitrogens with one attached hydrogen (secondary N) is 2. The Morgan fingerprint density at radius 2 is 1.75 bits per heavy atom. The molecule has 0 fully saturated rings. The maximum Gasteiger partial charge on any atom is 0.416 e. The summed E-state index contributed by atoms with van der Waals surface area (Å²) >= 11 is 1.15. The fourth-order valence-electron chi connectivity index (χ4n) is 1.97. The van der Waals surface area contributed by atoms with Gasteiger partial charge in [-0.3, -0.25) is 9.59 Å². The molecule has 0 radical (unpaired) electrons. The molecule has 0 saturated heterocycles. The van der Waals surface area contributed by atoms with Crippen LogP contribution in [0, 0.1) is 0 Å². The highest BCUT2D eigenvalue weighted by Gasteiger charge is 2.29. The second-order valence-corrected chi connectivity index (χ2v) is 6.13. The zero-order valence-electron chi connectivity index (χ0n) is 12.7. The summed E-state index contributed by atoms with van der Waals surface area (Å²) in [5.74, 6) is -0.505. The van der Waals surface area contributed by atoms with Gasteiger partial charge in [-0.2, -0.15) is 13.2 Å². The van der Waals surface area contributed by atoms with E-state index in [4.69, 9.17) is 0 Å². The maximum absolute atomic E-state index is 12.5. The molecular formula is C16H15F3N2O2S. The molecule has 0 aliphatic rings.